The van der Waals surface area contributed by atoms with Crippen LogP contribution in [0.5, 0.6) is 5.75 Å². The molecule has 1 aromatic carbocycles. The van der Waals surface area contributed by atoms with Crippen LogP contribution in [-0.4, -0.2) is 83.9 Å². The predicted molar refractivity (Wildman–Crippen MR) is 150 cm³/mol. The van der Waals surface area contributed by atoms with Gasteiger partial charge in [-0.05, 0) is 69.7 Å². The van der Waals surface area contributed by atoms with Crippen LogP contribution in [0.1, 0.15) is 44.1 Å². The van der Waals surface area contributed by atoms with Gasteiger partial charge in [-0.3, -0.25) is 0 Å². The highest BCUT2D eigenvalue weighted by molar-refractivity contribution is 6.01. The number of hydrogen-bond acceptors (Lipinski definition) is 8. The van der Waals surface area contributed by atoms with Crippen LogP contribution in [0, 0.1) is 23.7 Å². The Labute approximate surface area is 226 Å². The number of benzene rings is 1. The Hall–Kier alpha value is -2.99. The second-order valence-electron chi connectivity index (χ2n) is 11.4. The molecule has 0 amide bonds. The molecule has 0 aromatic heterocycles. The van der Waals surface area contributed by atoms with Crippen LogP contribution in [0.2, 0.25) is 0 Å². The Balaban J connectivity index is 0.982. The summed E-state index contributed by atoms with van der Waals surface area (Å²) in [6.45, 7) is 5.97. The zero-order valence-electron chi connectivity index (χ0n) is 22.4. The van der Waals surface area contributed by atoms with Crippen molar-refractivity contribution in [1.82, 2.24) is 20.0 Å². The number of phenolic OH excluding ortho intramolecular Hbond substituents is 1. The van der Waals surface area contributed by atoms with Gasteiger partial charge in [0.15, 0.2) is 0 Å². The van der Waals surface area contributed by atoms with Crippen molar-refractivity contribution >= 4 is 11.5 Å². The van der Waals surface area contributed by atoms with Crippen molar-refractivity contribution < 1.29 is 9.84 Å². The molecule has 8 heteroatoms. The summed E-state index contributed by atoms with van der Waals surface area (Å²) in [5, 5.41) is 13.8. The number of nitrogens with zero attached hydrogens (tertiary/aromatic N) is 4. The molecule has 5 aliphatic rings. The zero-order chi connectivity index (χ0) is 26.1. The molecule has 1 aliphatic carbocycles. The summed E-state index contributed by atoms with van der Waals surface area (Å²) >= 11 is 0. The molecule has 4 N–H and O–H groups in total. The first-order chi connectivity index (χ1) is 18.5. The Kier molecular flexibility index (Phi) is 7.33. The van der Waals surface area contributed by atoms with Gasteiger partial charge in [-0.1, -0.05) is 24.0 Å². The predicted octanol–water partition coefficient (Wildman–Crippen LogP) is 2.74. The highest BCUT2D eigenvalue weighted by atomic mass is 16.5. The lowest BCUT2D eigenvalue weighted by molar-refractivity contribution is -0.0856. The van der Waals surface area contributed by atoms with Gasteiger partial charge < -0.3 is 35.6 Å². The molecule has 0 bridgehead atoms. The van der Waals surface area contributed by atoms with Crippen molar-refractivity contribution in [3.05, 3.63) is 47.8 Å². The first-order valence-electron chi connectivity index (χ1n) is 14.2. The largest absolute Gasteiger partial charge is 0.507 e. The summed E-state index contributed by atoms with van der Waals surface area (Å²) < 4.78 is 6.43. The minimum Gasteiger partial charge on any atom is -0.507 e. The molecule has 2 saturated heterocycles. The topological polar surface area (TPSA) is 89.6 Å². The van der Waals surface area contributed by atoms with E-state index >= 15 is 0 Å². The van der Waals surface area contributed by atoms with E-state index in [1.807, 2.05) is 47.4 Å². The highest BCUT2D eigenvalue weighted by Gasteiger charge is 2.34. The average Bonchev–Trinajstić information content (AvgIpc) is 3.22. The number of amidine groups is 1. The fourth-order valence-corrected chi connectivity index (χ4v) is 6.24. The number of aromatic hydroxyl groups is 1. The normalized spacial score (nSPS) is 28.6. The molecule has 0 radical (unpaired) electrons. The molecule has 4 aliphatic heterocycles. The maximum atomic E-state index is 10.3. The molecule has 1 unspecified atom stereocenters. The number of nitrogens with one attached hydrogen (secondary N) is 1. The molecule has 1 saturated carbocycles. The minimum absolute atomic E-state index is 0.246. The van der Waals surface area contributed by atoms with Crippen molar-refractivity contribution in [2.75, 3.05) is 39.8 Å². The molecule has 38 heavy (non-hydrogen) atoms. The van der Waals surface area contributed by atoms with Gasteiger partial charge >= 0.3 is 0 Å². The first-order valence-corrected chi connectivity index (χ1v) is 14.2. The van der Waals surface area contributed by atoms with E-state index in [0.29, 0.717) is 24.0 Å². The van der Waals surface area contributed by atoms with E-state index in [-0.39, 0.29) is 12.0 Å². The van der Waals surface area contributed by atoms with Crippen LogP contribution in [0.25, 0.3) is 5.70 Å². The Morgan fingerprint density at radius 1 is 1.08 bits per heavy atom. The van der Waals surface area contributed by atoms with E-state index in [1.54, 1.807) is 6.07 Å². The first kappa shape index (κ1) is 25.3. The minimum atomic E-state index is -0.261. The van der Waals surface area contributed by atoms with Gasteiger partial charge in [0.05, 0.1) is 23.5 Å². The number of aliphatic imine (C=N–C) groups is 1. The third kappa shape index (κ3) is 5.42. The van der Waals surface area contributed by atoms with E-state index in [2.05, 4.69) is 27.0 Å². The van der Waals surface area contributed by atoms with E-state index in [4.69, 9.17) is 10.5 Å². The van der Waals surface area contributed by atoms with Gasteiger partial charge in [0.1, 0.15) is 11.6 Å². The monoisotopic (exact) mass is 516 g/mol. The zero-order valence-corrected chi connectivity index (χ0v) is 22.4. The molecular formula is C30H40N6O2. The molecular weight excluding hydrogens is 476 g/mol. The maximum absolute atomic E-state index is 10.3. The number of ether oxygens (including phenoxy) is 1. The molecule has 1 atom stereocenters. The maximum Gasteiger partial charge on any atom is 0.204 e. The Bertz CT molecular complexity index is 1160. The van der Waals surface area contributed by atoms with E-state index in [9.17, 15) is 5.11 Å². The SMILES string of the molecule is CN1C(c2ccccc2O)=CN2C=C(C#CC3CC(OC4CCN(CC5CCNCC5)CC4)C3)C(N)=NC21. The summed E-state index contributed by atoms with van der Waals surface area (Å²) in [6.07, 6.45) is 11.4. The van der Waals surface area contributed by atoms with Gasteiger partial charge in [0, 0.05) is 50.6 Å². The second kappa shape index (κ2) is 11.0. The number of hydrogen-bond donors (Lipinski definition) is 3. The number of piperidine rings is 2. The number of phenols is 1. The number of para-hydroxylation sites is 1. The summed E-state index contributed by atoms with van der Waals surface area (Å²) in [6, 6.07) is 7.34. The number of fused-ring (bicyclic) bond motifs is 1. The van der Waals surface area contributed by atoms with Crippen LogP contribution >= 0.6 is 0 Å². The fraction of sp³-hybridized carbons (Fsp3) is 0.567. The average molecular weight is 517 g/mol. The van der Waals surface area contributed by atoms with Gasteiger partial charge in [-0.2, -0.15) is 0 Å². The molecule has 3 fully saturated rings. The molecule has 0 spiro atoms. The van der Waals surface area contributed by atoms with Gasteiger partial charge in [0.25, 0.3) is 0 Å². The van der Waals surface area contributed by atoms with Crippen LogP contribution in [-0.2, 0) is 4.74 Å². The third-order valence-corrected chi connectivity index (χ3v) is 8.65. The summed E-state index contributed by atoms with van der Waals surface area (Å²) in [5.41, 5.74) is 8.71. The van der Waals surface area contributed by atoms with Crippen molar-refractivity contribution in [2.45, 2.75) is 57.0 Å². The van der Waals surface area contributed by atoms with Crippen molar-refractivity contribution in [2.24, 2.45) is 22.6 Å². The molecule has 4 heterocycles. The quantitative estimate of drug-likeness (QED) is 0.519. The van der Waals surface area contributed by atoms with Crippen LogP contribution < -0.4 is 11.1 Å². The highest BCUT2D eigenvalue weighted by Crippen LogP contribution is 2.36. The smallest absolute Gasteiger partial charge is 0.204 e. The summed E-state index contributed by atoms with van der Waals surface area (Å²) in [7, 11) is 1.96. The van der Waals surface area contributed by atoms with Gasteiger partial charge in [0.2, 0.25) is 6.29 Å². The van der Waals surface area contributed by atoms with Crippen LogP contribution in [0.15, 0.2) is 47.2 Å². The van der Waals surface area contributed by atoms with Crippen LogP contribution in [0.3, 0.4) is 0 Å². The lowest BCUT2D eigenvalue weighted by atomic mass is 9.82. The van der Waals surface area contributed by atoms with Crippen molar-refractivity contribution in [3.63, 3.8) is 0 Å². The summed E-state index contributed by atoms with van der Waals surface area (Å²) in [4.78, 5) is 11.3. The number of rotatable bonds is 5. The lowest BCUT2D eigenvalue weighted by Crippen LogP contribution is -2.43. The van der Waals surface area contributed by atoms with Gasteiger partial charge in [-0.15, -0.1) is 0 Å². The van der Waals surface area contributed by atoms with Crippen molar-refractivity contribution in [3.8, 4) is 17.6 Å². The second-order valence-corrected chi connectivity index (χ2v) is 11.4. The molecule has 8 nitrogen and oxygen atoms in total. The summed E-state index contributed by atoms with van der Waals surface area (Å²) in [5.74, 6) is 8.61. The Morgan fingerprint density at radius 3 is 2.61 bits per heavy atom. The molecule has 202 valence electrons. The number of likely N-dealkylation sites (tertiary alicyclic amines) is 1. The van der Waals surface area contributed by atoms with E-state index in [0.717, 1.165) is 48.4 Å². The van der Waals surface area contributed by atoms with Crippen molar-refractivity contribution in [1.29, 1.82) is 0 Å². The van der Waals surface area contributed by atoms with Gasteiger partial charge in [-0.25, -0.2) is 4.99 Å². The number of nitrogens with two attached hydrogens (primary N) is 1. The molecule has 1 aromatic rings. The van der Waals surface area contributed by atoms with E-state index < -0.39 is 0 Å². The fourth-order valence-electron chi connectivity index (χ4n) is 6.24. The standard InChI is InChI=1S/C30H40N6O2/c1-34-27(26-4-2-3-5-28(26)37)20-36-19-23(29(31)33-30(34)36)7-6-22-16-25(17-22)38-24-10-14-35(15-11-24)18-21-8-12-32-13-9-21/h2-5,19-22,24-25,30,32,37H,8-18H2,1H3,(H2,31,33). The third-order valence-electron chi connectivity index (χ3n) is 8.65. The Morgan fingerprint density at radius 2 is 1.84 bits per heavy atom. The molecule has 6 rings (SSSR count). The van der Waals surface area contributed by atoms with Crippen LogP contribution in [0.4, 0.5) is 0 Å². The van der Waals surface area contributed by atoms with E-state index in [1.165, 1.54) is 45.6 Å². The lowest BCUT2D eigenvalue weighted by Gasteiger charge is -2.39.